The van der Waals surface area contributed by atoms with Gasteiger partial charge in [0.05, 0.1) is 6.61 Å². The summed E-state index contributed by atoms with van der Waals surface area (Å²) in [4.78, 5) is 0. The number of nitrogen functional groups attached to an aromatic ring is 1. The number of nitrogens with two attached hydrogens (primary N) is 1. The summed E-state index contributed by atoms with van der Waals surface area (Å²) < 4.78 is 33.2. The van der Waals surface area contributed by atoms with Gasteiger partial charge in [-0.15, -0.1) is 0 Å². The quantitative estimate of drug-likeness (QED) is 0.807. The second kappa shape index (κ2) is 6.09. The molecule has 0 spiro atoms. The molecule has 0 saturated heterocycles. The van der Waals surface area contributed by atoms with Crippen molar-refractivity contribution in [1.82, 2.24) is 0 Å². The number of rotatable bonds is 4. The fourth-order valence-corrected chi connectivity index (χ4v) is 2.15. The summed E-state index contributed by atoms with van der Waals surface area (Å²) in [7, 11) is 0. The van der Waals surface area contributed by atoms with E-state index in [1.165, 1.54) is 12.1 Å². The molecule has 0 aromatic heterocycles. The van der Waals surface area contributed by atoms with E-state index in [9.17, 15) is 8.78 Å². The van der Waals surface area contributed by atoms with Crippen LogP contribution in [0, 0.1) is 11.6 Å². The molecule has 0 aliphatic carbocycles. The van der Waals surface area contributed by atoms with Crippen molar-refractivity contribution in [2.45, 2.75) is 6.92 Å². The summed E-state index contributed by atoms with van der Waals surface area (Å²) in [5.74, 6) is -0.859. The predicted molar refractivity (Wildman–Crippen MR) is 79.4 cm³/mol. The van der Waals surface area contributed by atoms with E-state index in [1.807, 2.05) is 6.92 Å². The van der Waals surface area contributed by atoms with E-state index < -0.39 is 11.6 Å². The Morgan fingerprint density at radius 3 is 2.40 bits per heavy atom. The van der Waals surface area contributed by atoms with Crippen LogP contribution >= 0.6 is 15.9 Å². The maximum absolute atomic E-state index is 13.8. The lowest BCUT2D eigenvalue weighted by Gasteiger charge is -2.12. The van der Waals surface area contributed by atoms with Crippen LogP contribution in [0.15, 0.2) is 34.8 Å². The minimum absolute atomic E-state index is 0.235. The molecule has 2 rings (SSSR count). The van der Waals surface area contributed by atoms with Crippen molar-refractivity contribution in [2.75, 3.05) is 17.7 Å². The molecule has 0 bridgehead atoms. The van der Waals surface area contributed by atoms with Crippen molar-refractivity contribution in [3.63, 3.8) is 0 Å². The summed E-state index contributed by atoms with van der Waals surface area (Å²) in [6, 6.07) is 7.20. The average molecular weight is 343 g/mol. The molecular formula is C14H13BrF2N2O. The minimum atomic E-state index is -0.697. The smallest absolute Gasteiger partial charge is 0.150 e. The van der Waals surface area contributed by atoms with Crippen molar-refractivity contribution in [1.29, 1.82) is 0 Å². The van der Waals surface area contributed by atoms with Crippen molar-refractivity contribution >= 4 is 33.0 Å². The van der Waals surface area contributed by atoms with Crippen molar-refractivity contribution in [3.05, 3.63) is 46.4 Å². The molecule has 0 atom stereocenters. The van der Waals surface area contributed by atoms with Crippen LogP contribution < -0.4 is 15.8 Å². The molecule has 0 amide bonds. The monoisotopic (exact) mass is 342 g/mol. The van der Waals surface area contributed by atoms with Gasteiger partial charge in [-0.2, -0.15) is 0 Å². The zero-order valence-corrected chi connectivity index (χ0v) is 12.3. The van der Waals surface area contributed by atoms with Crippen molar-refractivity contribution in [3.8, 4) is 5.75 Å². The second-order valence-corrected chi connectivity index (χ2v) is 5.01. The normalized spacial score (nSPS) is 10.4. The van der Waals surface area contributed by atoms with Gasteiger partial charge in [0.2, 0.25) is 0 Å². The molecular weight excluding hydrogens is 330 g/mol. The number of benzene rings is 2. The molecule has 0 aliphatic heterocycles. The summed E-state index contributed by atoms with van der Waals surface area (Å²) in [6.07, 6.45) is 0. The molecule has 2 aromatic rings. The zero-order valence-electron chi connectivity index (χ0n) is 10.7. The van der Waals surface area contributed by atoms with Gasteiger partial charge in [-0.3, -0.25) is 0 Å². The Hall–Kier alpha value is -1.82. The van der Waals surface area contributed by atoms with E-state index >= 15 is 0 Å². The third kappa shape index (κ3) is 3.39. The van der Waals surface area contributed by atoms with Gasteiger partial charge in [-0.1, -0.05) is 15.9 Å². The molecule has 0 unspecified atom stereocenters. The Kier molecular flexibility index (Phi) is 4.44. The first-order chi connectivity index (χ1) is 9.49. The van der Waals surface area contributed by atoms with Crippen LogP contribution in [0.25, 0.3) is 0 Å². The lowest BCUT2D eigenvalue weighted by Crippen LogP contribution is -2.00. The van der Waals surface area contributed by atoms with Gasteiger partial charge >= 0.3 is 0 Å². The van der Waals surface area contributed by atoms with Gasteiger partial charge in [-0.25, -0.2) is 8.78 Å². The summed E-state index contributed by atoms with van der Waals surface area (Å²) in [5.41, 5.74) is 6.39. The number of halogens is 3. The molecule has 3 N–H and O–H groups in total. The second-order valence-electron chi connectivity index (χ2n) is 4.09. The Morgan fingerprint density at radius 2 is 1.80 bits per heavy atom. The average Bonchev–Trinajstić information content (AvgIpc) is 2.33. The standard InChI is InChI=1S/C14H13BrF2N2O/c1-2-20-11-6-9(18)5-10(7-11)19-14-12(16)3-8(15)4-13(14)17/h3-7,19H,2,18H2,1H3. The third-order valence-electron chi connectivity index (χ3n) is 2.52. The number of hydrogen-bond acceptors (Lipinski definition) is 3. The molecule has 0 heterocycles. The van der Waals surface area contributed by atoms with E-state index in [0.29, 0.717) is 28.2 Å². The molecule has 0 aliphatic rings. The van der Waals surface area contributed by atoms with E-state index in [1.54, 1.807) is 18.2 Å². The number of ether oxygens (including phenoxy) is 1. The van der Waals surface area contributed by atoms with Crippen LogP contribution in [0.5, 0.6) is 5.75 Å². The molecule has 106 valence electrons. The zero-order chi connectivity index (χ0) is 14.7. The van der Waals surface area contributed by atoms with Gasteiger partial charge in [0.25, 0.3) is 0 Å². The molecule has 6 heteroatoms. The van der Waals surface area contributed by atoms with E-state index in [-0.39, 0.29) is 5.69 Å². The number of hydrogen-bond donors (Lipinski definition) is 2. The maximum Gasteiger partial charge on any atom is 0.150 e. The molecule has 2 aromatic carbocycles. The molecule has 0 saturated carbocycles. The SMILES string of the molecule is CCOc1cc(N)cc(Nc2c(F)cc(Br)cc2F)c1. The van der Waals surface area contributed by atoms with Crippen molar-refractivity contribution in [2.24, 2.45) is 0 Å². The third-order valence-corrected chi connectivity index (χ3v) is 2.97. The highest BCUT2D eigenvalue weighted by atomic mass is 79.9. The molecule has 0 fully saturated rings. The van der Waals surface area contributed by atoms with Crippen LogP contribution in [0.1, 0.15) is 6.92 Å². The highest BCUT2D eigenvalue weighted by Gasteiger charge is 2.11. The molecule has 0 radical (unpaired) electrons. The number of anilines is 3. The van der Waals surface area contributed by atoms with Crippen LogP contribution in [0.2, 0.25) is 0 Å². The van der Waals surface area contributed by atoms with Crippen LogP contribution in [0.4, 0.5) is 25.8 Å². The minimum Gasteiger partial charge on any atom is -0.494 e. The Bertz CT molecular complexity index is 612. The first kappa shape index (κ1) is 14.6. The van der Waals surface area contributed by atoms with E-state index in [0.717, 1.165) is 0 Å². The summed E-state index contributed by atoms with van der Waals surface area (Å²) >= 11 is 3.03. The van der Waals surface area contributed by atoms with Crippen LogP contribution in [0.3, 0.4) is 0 Å². The fraction of sp³-hybridized carbons (Fsp3) is 0.143. The van der Waals surface area contributed by atoms with Gasteiger partial charge < -0.3 is 15.8 Å². The number of nitrogens with one attached hydrogen (secondary N) is 1. The van der Waals surface area contributed by atoms with Crippen LogP contribution in [-0.2, 0) is 0 Å². The Labute approximate surface area is 123 Å². The van der Waals surface area contributed by atoms with Gasteiger partial charge in [0, 0.05) is 28.0 Å². The first-order valence-electron chi connectivity index (χ1n) is 5.94. The highest BCUT2D eigenvalue weighted by Crippen LogP contribution is 2.30. The van der Waals surface area contributed by atoms with E-state index in [4.69, 9.17) is 10.5 Å². The van der Waals surface area contributed by atoms with Gasteiger partial charge in [-0.05, 0) is 25.1 Å². The van der Waals surface area contributed by atoms with Crippen LogP contribution in [-0.4, -0.2) is 6.61 Å². The predicted octanol–water partition coefficient (Wildman–Crippen LogP) is 4.45. The van der Waals surface area contributed by atoms with E-state index in [2.05, 4.69) is 21.2 Å². The maximum atomic E-state index is 13.8. The van der Waals surface area contributed by atoms with Crippen molar-refractivity contribution < 1.29 is 13.5 Å². The largest absolute Gasteiger partial charge is 0.494 e. The molecule has 3 nitrogen and oxygen atoms in total. The summed E-state index contributed by atoms with van der Waals surface area (Å²) in [6.45, 7) is 2.31. The Balaban J connectivity index is 2.35. The Morgan fingerprint density at radius 1 is 1.15 bits per heavy atom. The lowest BCUT2D eigenvalue weighted by atomic mass is 10.2. The topological polar surface area (TPSA) is 47.3 Å². The fourth-order valence-electron chi connectivity index (χ4n) is 1.75. The molecule has 20 heavy (non-hydrogen) atoms. The van der Waals surface area contributed by atoms with Gasteiger partial charge in [0.15, 0.2) is 11.6 Å². The highest BCUT2D eigenvalue weighted by molar-refractivity contribution is 9.10. The lowest BCUT2D eigenvalue weighted by molar-refractivity contribution is 0.340. The van der Waals surface area contributed by atoms with Gasteiger partial charge in [0.1, 0.15) is 11.4 Å². The summed E-state index contributed by atoms with van der Waals surface area (Å²) in [5, 5.41) is 2.68. The first-order valence-corrected chi connectivity index (χ1v) is 6.74.